The van der Waals surface area contributed by atoms with Gasteiger partial charge in [-0.25, -0.2) is 4.68 Å². The molecule has 2 aromatic carbocycles. The molecule has 8 nitrogen and oxygen atoms in total. The summed E-state index contributed by atoms with van der Waals surface area (Å²) in [5, 5.41) is 11.8. The van der Waals surface area contributed by atoms with E-state index in [4.69, 9.17) is 16.0 Å². The van der Waals surface area contributed by atoms with Crippen molar-refractivity contribution in [3.8, 4) is 0 Å². The van der Waals surface area contributed by atoms with E-state index in [9.17, 15) is 9.59 Å². The lowest BCUT2D eigenvalue weighted by Gasteiger charge is -2.30. The SMILES string of the molecule is CC(C)CCNC(=O)C(c1ccco1)N(Cc1ccccc1Cl)C(=O)Cn1nnc2ccccc21. The number of benzene rings is 2. The molecule has 0 fully saturated rings. The van der Waals surface area contributed by atoms with Gasteiger partial charge in [0.15, 0.2) is 6.04 Å². The van der Waals surface area contributed by atoms with Gasteiger partial charge in [0.25, 0.3) is 5.91 Å². The Hall–Kier alpha value is -3.65. The fourth-order valence-corrected chi connectivity index (χ4v) is 4.03. The van der Waals surface area contributed by atoms with Gasteiger partial charge >= 0.3 is 0 Å². The highest BCUT2D eigenvalue weighted by atomic mass is 35.5. The Labute approximate surface area is 208 Å². The summed E-state index contributed by atoms with van der Waals surface area (Å²) in [5.74, 6) is 0.167. The Bertz CT molecular complexity index is 1290. The molecule has 0 radical (unpaired) electrons. The Balaban J connectivity index is 1.68. The zero-order chi connectivity index (χ0) is 24.8. The zero-order valence-corrected chi connectivity index (χ0v) is 20.5. The molecule has 1 atom stereocenters. The third-order valence-electron chi connectivity index (χ3n) is 5.72. The van der Waals surface area contributed by atoms with Crippen molar-refractivity contribution in [1.82, 2.24) is 25.2 Å². The fourth-order valence-electron chi connectivity index (χ4n) is 3.84. The number of para-hydroxylation sites is 1. The van der Waals surface area contributed by atoms with Crippen molar-refractivity contribution in [3.05, 3.63) is 83.3 Å². The molecule has 4 rings (SSSR count). The minimum Gasteiger partial charge on any atom is -0.467 e. The van der Waals surface area contributed by atoms with Gasteiger partial charge in [0, 0.05) is 18.1 Å². The van der Waals surface area contributed by atoms with E-state index in [0.29, 0.717) is 28.8 Å². The normalized spacial score (nSPS) is 12.1. The number of aromatic nitrogens is 3. The monoisotopic (exact) mass is 493 g/mol. The van der Waals surface area contributed by atoms with E-state index in [2.05, 4.69) is 29.5 Å². The van der Waals surface area contributed by atoms with Crippen molar-refractivity contribution in [1.29, 1.82) is 0 Å². The van der Waals surface area contributed by atoms with Crippen molar-refractivity contribution in [2.45, 2.75) is 39.4 Å². The van der Waals surface area contributed by atoms with Crippen molar-refractivity contribution in [2.75, 3.05) is 6.54 Å². The first-order valence-corrected chi connectivity index (χ1v) is 11.9. The Morgan fingerprint density at radius 3 is 2.60 bits per heavy atom. The van der Waals surface area contributed by atoms with E-state index in [1.54, 1.807) is 18.2 Å². The van der Waals surface area contributed by atoms with Crippen LogP contribution in [0.15, 0.2) is 71.3 Å². The smallest absolute Gasteiger partial charge is 0.250 e. The minimum absolute atomic E-state index is 0.0958. The summed E-state index contributed by atoms with van der Waals surface area (Å²) in [6, 6.07) is 17.1. The number of carbonyl (C=O) groups is 2. The van der Waals surface area contributed by atoms with Crippen LogP contribution in [0, 0.1) is 5.92 Å². The summed E-state index contributed by atoms with van der Waals surface area (Å²) in [5.41, 5.74) is 2.14. The lowest BCUT2D eigenvalue weighted by molar-refractivity contribution is -0.143. The predicted molar refractivity (Wildman–Crippen MR) is 133 cm³/mol. The summed E-state index contributed by atoms with van der Waals surface area (Å²) in [6.45, 7) is 4.70. The van der Waals surface area contributed by atoms with Crippen LogP contribution >= 0.6 is 11.6 Å². The number of halogens is 1. The maximum Gasteiger partial charge on any atom is 0.250 e. The van der Waals surface area contributed by atoms with Crippen LogP contribution in [0.3, 0.4) is 0 Å². The van der Waals surface area contributed by atoms with Gasteiger partial charge in [-0.15, -0.1) is 5.10 Å². The van der Waals surface area contributed by atoms with Gasteiger partial charge in [-0.3, -0.25) is 9.59 Å². The first kappa shape index (κ1) is 24.5. The highest BCUT2D eigenvalue weighted by Gasteiger charge is 2.34. The molecule has 2 aromatic heterocycles. The summed E-state index contributed by atoms with van der Waals surface area (Å²) in [6.07, 6.45) is 2.31. The average molecular weight is 494 g/mol. The quantitative estimate of drug-likeness (QED) is 0.348. The molecular weight excluding hydrogens is 466 g/mol. The molecule has 0 bridgehead atoms. The molecule has 2 heterocycles. The molecule has 0 aliphatic rings. The van der Waals surface area contributed by atoms with Crippen molar-refractivity contribution < 1.29 is 14.0 Å². The van der Waals surface area contributed by atoms with Crippen molar-refractivity contribution in [3.63, 3.8) is 0 Å². The molecule has 4 aromatic rings. The Morgan fingerprint density at radius 2 is 1.86 bits per heavy atom. The van der Waals surface area contributed by atoms with E-state index >= 15 is 0 Å². The van der Waals surface area contributed by atoms with E-state index < -0.39 is 6.04 Å². The standard InChI is InChI=1S/C26H28ClN5O3/c1-18(2)13-14-28-26(34)25(23-12-7-15-35-23)31(16-19-8-3-4-9-20(19)27)24(33)17-32-22-11-6-5-10-21(22)29-30-32/h3-12,15,18,25H,13-14,16-17H2,1-2H3,(H,28,34). The molecule has 9 heteroatoms. The molecule has 2 amide bonds. The first-order chi connectivity index (χ1) is 16.9. The van der Waals surface area contributed by atoms with Gasteiger partial charge < -0.3 is 14.6 Å². The maximum atomic E-state index is 13.8. The second kappa shape index (κ2) is 11.2. The molecule has 35 heavy (non-hydrogen) atoms. The number of furan rings is 1. The molecule has 182 valence electrons. The summed E-state index contributed by atoms with van der Waals surface area (Å²) >= 11 is 6.43. The molecule has 0 aliphatic carbocycles. The van der Waals surface area contributed by atoms with Crippen LogP contribution in [-0.4, -0.2) is 38.3 Å². The number of fused-ring (bicyclic) bond motifs is 1. The number of nitrogens with zero attached hydrogens (tertiary/aromatic N) is 4. The van der Waals surface area contributed by atoms with Crippen molar-refractivity contribution >= 4 is 34.4 Å². The number of hydrogen-bond donors (Lipinski definition) is 1. The second-order valence-corrected chi connectivity index (χ2v) is 9.15. The van der Waals surface area contributed by atoms with E-state index in [0.717, 1.165) is 17.5 Å². The van der Waals surface area contributed by atoms with E-state index in [1.165, 1.54) is 15.8 Å². The molecule has 1 N–H and O–H groups in total. The number of rotatable bonds is 10. The summed E-state index contributed by atoms with van der Waals surface area (Å²) < 4.78 is 7.16. The third kappa shape index (κ3) is 5.89. The van der Waals surface area contributed by atoms with Gasteiger partial charge in [-0.1, -0.05) is 61.0 Å². The highest BCUT2D eigenvalue weighted by Crippen LogP contribution is 2.27. The molecular formula is C26H28ClN5O3. The lowest BCUT2D eigenvalue weighted by atomic mass is 10.1. The van der Waals surface area contributed by atoms with Gasteiger partial charge in [0.2, 0.25) is 5.91 Å². The molecule has 0 aliphatic heterocycles. The topological polar surface area (TPSA) is 93.3 Å². The van der Waals surface area contributed by atoms with E-state index in [1.807, 2.05) is 42.5 Å². The van der Waals surface area contributed by atoms with Crippen LogP contribution in [0.4, 0.5) is 0 Å². The van der Waals surface area contributed by atoms with Crippen LogP contribution in [-0.2, 0) is 22.7 Å². The minimum atomic E-state index is -0.976. The largest absolute Gasteiger partial charge is 0.467 e. The highest BCUT2D eigenvalue weighted by molar-refractivity contribution is 6.31. The molecule has 1 unspecified atom stereocenters. The number of nitrogens with one attached hydrogen (secondary N) is 1. The fraction of sp³-hybridized carbons (Fsp3) is 0.308. The molecule has 0 saturated carbocycles. The summed E-state index contributed by atoms with van der Waals surface area (Å²) in [4.78, 5) is 28.7. The number of hydrogen-bond acceptors (Lipinski definition) is 5. The lowest BCUT2D eigenvalue weighted by Crippen LogP contribution is -2.44. The van der Waals surface area contributed by atoms with E-state index in [-0.39, 0.29) is 24.9 Å². The van der Waals surface area contributed by atoms with Crippen LogP contribution in [0.2, 0.25) is 5.02 Å². The van der Waals surface area contributed by atoms with Gasteiger partial charge in [0.05, 0.1) is 11.8 Å². The number of amides is 2. The van der Waals surface area contributed by atoms with Gasteiger partial charge in [-0.2, -0.15) is 0 Å². The predicted octanol–water partition coefficient (Wildman–Crippen LogP) is 4.61. The zero-order valence-electron chi connectivity index (χ0n) is 19.7. The maximum absolute atomic E-state index is 13.8. The van der Waals surface area contributed by atoms with Crippen molar-refractivity contribution in [2.24, 2.45) is 5.92 Å². The average Bonchev–Trinajstić information content (AvgIpc) is 3.50. The van der Waals surface area contributed by atoms with Gasteiger partial charge in [-0.05, 0) is 48.2 Å². The Morgan fingerprint density at radius 1 is 1.09 bits per heavy atom. The van der Waals surface area contributed by atoms with Gasteiger partial charge in [0.1, 0.15) is 17.8 Å². The van der Waals surface area contributed by atoms with Crippen LogP contribution in [0.25, 0.3) is 11.0 Å². The molecule has 0 spiro atoms. The first-order valence-electron chi connectivity index (χ1n) is 11.6. The summed E-state index contributed by atoms with van der Waals surface area (Å²) in [7, 11) is 0. The van der Waals surface area contributed by atoms with Crippen LogP contribution in [0.5, 0.6) is 0 Å². The number of carbonyl (C=O) groups excluding carboxylic acids is 2. The third-order valence-corrected chi connectivity index (χ3v) is 6.09. The Kier molecular flexibility index (Phi) is 7.82. The van der Waals surface area contributed by atoms with Crippen LogP contribution in [0.1, 0.15) is 37.6 Å². The van der Waals surface area contributed by atoms with Crippen LogP contribution < -0.4 is 5.32 Å². The molecule has 0 saturated heterocycles. The second-order valence-electron chi connectivity index (χ2n) is 8.74.